The molecule has 2 N–H and O–H groups in total. The van der Waals surface area contributed by atoms with Gasteiger partial charge in [-0.15, -0.1) is 11.3 Å². The van der Waals surface area contributed by atoms with Crippen LogP contribution in [0.4, 0.5) is 10.8 Å². The number of furan rings is 1. The monoisotopic (exact) mass is 485 g/mol. The van der Waals surface area contributed by atoms with E-state index >= 15 is 0 Å². The van der Waals surface area contributed by atoms with Gasteiger partial charge in [-0.3, -0.25) is 14.3 Å². The molecule has 12 heteroatoms. The summed E-state index contributed by atoms with van der Waals surface area (Å²) in [5.41, 5.74) is 0.562. The molecule has 0 spiro atoms. The third-order valence-corrected chi connectivity index (χ3v) is 6.79. The number of carbonyl (C=O) groups excluding carboxylic acids is 1. The molecule has 0 bridgehead atoms. The quantitative estimate of drug-likeness (QED) is 0.391. The Kier molecular flexibility index (Phi) is 6.38. The first kappa shape index (κ1) is 22.4. The summed E-state index contributed by atoms with van der Waals surface area (Å²) < 4.78 is 33.7. The second kappa shape index (κ2) is 9.38. The first-order valence-electron chi connectivity index (χ1n) is 9.77. The summed E-state index contributed by atoms with van der Waals surface area (Å²) >= 11 is 1.17. The SMILES string of the molecule is C[C@@H](Cn1nc(-c2ccco2)ccc1=O)C(=O)Nc1ccc(S(=O)(=O)Nc2nccs2)cc1. The highest BCUT2D eigenvalue weighted by molar-refractivity contribution is 7.93. The van der Waals surface area contributed by atoms with Gasteiger partial charge in [0, 0.05) is 23.3 Å². The first-order chi connectivity index (χ1) is 15.8. The van der Waals surface area contributed by atoms with E-state index < -0.39 is 15.9 Å². The van der Waals surface area contributed by atoms with E-state index in [4.69, 9.17) is 4.42 Å². The summed E-state index contributed by atoms with van der Waals surface area (Å²) in [5, 5.41) is 8.91. The van der Waals surface area contributed by atoms with Crippen molar-refractivity contribution in [2.75, 3.05) is 10.0 Å². The lowest BCUT2D eigenvalue weighted by molar-refractivity contribution is -0.119. The van der Waals surface area contributed by atoms with Crippen LogP contribution in [-0.4, -0.2) is 29.1 Å². The smallest absolute Gasteiger partial charge is 0.266 e. The third kappa shape index (κ3) is 5.35. The van der Waals surface area contributed by atoms with Gasteiger partial charge in [0.05, 0.1) is 23.6 Å². The van der Waals surface area contributed by atoms with E-state index in [1.54, 1.807) is 30.5 Å². The molecule has 0 fully saturated rings. The predicted octanol–water partition coefficient (Wildman–Crippen LogP) is 3.04. The van der Waals surface area contributed by atoms with Crippen molar-refractivity contribution >= 4 is 38.1 Å². The topological polar surface area (TPSA) is 136 Å². The van der Waals surface area contributed by atoms with Crippen molar-refractivity contribution in [3.8, 4) is 11.5 Å². The highest BCUT2D eigenvalue weighted by atomic mass is 32.2. The van der Waals surface area contributed by atoms with Gasteiger partial charge in [-0.2, -0.15) is 5.10 Å². The third-order valence-electron chi connectivity index (χ3n) is 4.62. The Balaban J connectivity index is 1.41. The zero-order valence-electron chi connectivity index (χ0n) is 17.3. The van der Waals surface area contributed by atoms with Crippen molar-refractivity contribution in [2.24, 2.45) is 5.92 Å². The Morgan fingerprint density at radius 3 is 2.64 bits per heavy atom. The molecular formula is C21H19N5O5S2. The maximum atomic E-state index is 12.6. The molecule has 10 nitrogen and oxygen atoms in total. The van der Waals surface area contributed by atoms with Crippen LogP contribution in [0.2, 0.25) is 0 Å². The Bertz CT molecular complexity index is 1400. The van der Waals surface area contributed by atoms with Gasteiger partial charge in [-0.05, 0) is 42.5 Å². The molecule has 1 amide bonds. The minimum atomic E-state index is -3.78. The number of nitrogens with zero attached hydrogens (tertiary/aromatic N) is 3. The maximum Gasteiger partial charge on any atom is 0.266 e. The minimum Gasteiger partial charge on any atom is -0.463 e. The summed E-state index contributed by atoms with van der Waals surface area (Å²) in [5.74, 6) is -0.416. The number of anilines is 2. The Labute approximate surface area is 193 Å². The van der Waals surface area contributed by atoms with Crippen molar-refractivity contribution < 1.29 is 17.6 Å². The van der Waals surface area contributed by atoms with Crippen LogP contribution in [0.15, 0.2) is 80.5 Å². The summed E-state index contributed by atoms with van der Waals surface area (Å²) in [7, 11) is -3.78. The largest absolute Gasteiger partial charge is 0.463 e. The zero-order chi connectivity index (χ0) is 23.4. The zero-order valence-corrected chi connectivity index (χ0v) is 19.0. The van der Waals surface area contributed by atoms with E-state index in [0.29, 0.717) is 17.1 Å². The minimum absolute atomic E-state index is 0.0363. The molecule has 1 aromatic carbocycles. The van der Waals surface area contributed by atoms with E-state index in [2.05, 4.69) is 20.1 Å². The van der Waals surface area contributed by atoms with Crippen LogP contribution in [-0.2, 0) is 21.4 Å². The van der Waals surface area contributed by atoms with Crippen molar-refractivity contribution in [3.63, 3.8) is 0 Å². The standard InChI is InChI=1S/C21H19N5O5S2/c1-14(13-26-19(27)9-8-17(24-26)18-3-2-11-31-18)20(28)23-15-4-6-16(7-5-15)33(29,30)25-21-22-10-12-32-21/h2-12,14H,13H2,1H3,(H,22,25)(H,23,28)/t14-/m0/s1. The van der Waals surface area contributed by atoms with Gasteiger partial charge in [-0.25, -0.2) is 18.1 Å². The van der Waals surface area contributed by atoms with E-state index in [1.165, 1.54) is 58.8 Å². The molecule has 0 aliphatic carbocycles. The molecule has 33 heavy (non-hydrogen) atoms. The normalized spacial score (nSPS) is 12.3. The van der Waals surface area contributed by atoms with Gasteiger partial charge >= 0.3 is 0 Å². The molecule has 3 heterocycles. The summed E-state index contributed by atoms with van der Waals surface area (Å²) in [4.78, 5) is 28.7. The van der Waals surface area contributed by atoms with Crippen LogP contribution >= 0.6 is 11.3 Å². The molecule has 170 valence electrons. The number of aromatic nitrogens is 3. The van der Waals surface area contributed by atoms with Crippen LogP contribution < -0.4 is 15.6 Å². The van der Waals surface area contributed by atoms with Gasteiger partial charge in [0.2, 0.25) is 5.91 Å². The molecule has 3 aromatic heterocycles. The molecule has 0 unspecified atom stereocenters. The molecule has 4 rings (SSSR count). The van der Waals surface area contributed by atoms with Crippen molar-refractivity contribution in [2.45, 2.75) is 18.4 Å². The molecule has 0 radical (unpaired) electrons. The lowest BCUT2D eigenvalue weighted by Crippen LogP contribution is -2.31. The number of hydrogen-bond donors (Lipinski definition) is 2. The molecule has 0 saturated heterocycles. The number of sulfonamides is 1. The molecular weight excluding hydrogens is 466 g/mol. The first-order valence-corrected chi connectivity index (χ1v) is 12.1. The van der Waals surface area contributed by atoms with Gasteiger partial charge in [0.25, 0.3) is 15.6 Å². The lowest BCUT2D eigenvalue weighted by Gasteiger charge is -2.14. The number of nitrogens with one attached hydrogen (secondary N) is 2. The number of benzene rings is 1. The number of thiazole rings is 1. The van der Waals surface area contributed by atoms with Gasteiger partial charge < -0.3 is 9.73 Å². The molecule has 0 aliphatic heterocycles. The second-order valence-corrected chi connectivity index (χ2v) is 9.65. The van der Waals surface area contributed by atoms with Crippen LogP contribution in [0.25, 0.3) is 11.5 Å². The number of rotatable bonds is 8. The van der Waals surface area contributed by atoms with Crippen LogP contribution in [0.5, 0.6) is 0 Å². The van der Waals surface area contributed by atoms with E-state index in [-0.39, 0.29) is 28.0 Å². The fourth-order valence-corrected chi connectivity index (χ4v) is 4.70. The van der Waals surface area contributed by atoms with Gasteiger partial charge in [0.15, 0.2) is 10.9 Å². The average molecular weight is 486 g/mol. The highest BCUT2D eigenvalue weighted by Gasteiger charge is 2.18. The predicted molar refractivity (Wildman–Crippen MR) is 123 cm³/mol. The fourth-order valence-electron chi connectivity index (χ4n) is 2.91. The Morgan fingerprint density at radius 2 is 1.97 bits per heavy atom. The summed E-state index contributed by atoms with van der Waals surface area (Å²) in [6, 6.07) is 12.1. The lowest BCUT2D eigenvalue weighted by atomic mass is 10.1. The Morgan fingerprint density at radius 1 is 1.18 bits per heavy atom. The fraction of sp³-hybridized carbons (Fsp3) is 0.143. The number of hydrogen-bond acceptors (Lipinski definition) is 8. The molecule has 0 aliphatic rings. The number of carbonyl (C=O) groups is 1. The maximum absolute atomic E-state index is 12.6. The highest BCUT2D eigenvalue weighted by Crippen LogP contribution is 2.20. The van der Waals surface area contributed by atoms with E-state index in [0.717, 1.165) is 0 Å². The number of amides is 1. The van der Waals surface area contributed by atoms with Crippen molar-refractivity contribution in [1.82, 2.24) is 14.8 Å². The van der Waals surface area contributed by atoms with Crippen LogP contribution in [0, 0.1) is 5.92 Å². The summed E-state index contributed by atoms with van der Waals surface area (Å²) in [6.45, 7) is 1.73. The van der Waals surface area contributed by atoms with E-state index in [9.17, 15) is 18.0 Å². The van der Waals surface area contributed by atoms with E-state index in [1.807, 2.05) is 0 Å². The average Bonchev–Trinajstić information content (AvgIpc) is 3.50. The van der Waals surface area contributed by atoms with Gasteiger partial charge in [-0.1, -0.05) is 6.92 Å². The molecule has 4 aromatic rings. The summed E-state index contributed by atoms with van der Waals surface area (Å²) in [6.07, 6.45) is 3.01. The van der Waals surface area contributed by atoms with Crippen molar-refractivity contribution in [1.29, 1.82) is 0 Å². The molecule has 0 saturated carbocycles. The van der Waals surface area contributed by atoms with Crippen LogP contribution in [0.1, 0.15) is 6.92 Å². The second-order valence-electron chi connectivity index (χ2n) is 7.07. The van der Waals surface area contributed by atoms with Gasteiger partial charge in [0.1, 0.15) is 5.69 Å². The van der Waals surface area contributed by atoms with Crippen LogP contribution in [0.3, 0.4) is 0 Å². The van der Waals surface area contributed by atoms with Crippen molar-refractivity contribution in [3.05, 3.63) is 76.7 Å². The Hall–Kier alpha value is -3.77. The molecule has 1 atom stereocenters.